The number of hydrogen-bond acceptors (Lipinski definition) is 6. The smallest absolute Gasteiger partial charge is 0.342 e. The molecule has 0 aliphatic heterocycles. The maximum absolute atomic E-state index is 12.8. The van der Waals surface area contributed by atoms with Crippen molar-refractivity contribution in [3.63, 3.8) is 0 Å². The largest absolute Gasteiger partial charge is 0.507 e. The maximum Gasteiger partial charge on any atom is 0.342 e. The third kappa shape index (κ3) is 5.13. The number of aryl methyl sites for hydroxylation is 1. The molecule has 5 unspecified atom stereocenters. The predicted octanol–water partition coefficient (Wildman–Crippen LogP) is 5.54. The number of ether oxygens (including phenoxy) is 1. The summed E-state index contributed by atoms with van der Waals surface area (Å²) in [5.74, 6) is 0.444. The Labute approximate surface area is 209 Å². The summed E-state index contributed by atoms with van der Waals surface area (Å²) in [5.41, 5.74) is 2.04. The van der Waals surface area contributed by atoms with Crippen molar-refractivity contribution in [3.05, 3.63) is 51.1 Å². The van der Waals surface area contributed by atoms with Gasteiger partial charge in [-0.15, -0.1) is 0 Å². The van der Waals surface area contributed by atoms with Crippen molar-refractivity contribution in [2.75, 3.05) is 6.61 Å². The van der Waals surface area contributed by atoms with Crippen molar-refractivity contribution in [1.29, 1.82) is 0 Å². The van der Waals surface area contributed by atoms with Crippen LogP contribution in [-0.4, -0.2) is 28.9 Å². The van der Waals surface area contributed by atoms with E-state index in [1.165, 1.54) is 6.92 Å². The molecule has 0 bridgehead atoms. The molecule has 2 fully saturated rings. The molecule has 2 aliphatic rings. The molecule has 0 amide bonds. The van der Waals surface area contributed by atoms with Gasteiger partial charge in [-0.3, -0.25) is 4.79 Å². The standard InChI is InChI=1S/C29H42O6/c1-17(16-30)9-8-13-29(7)24-11-10-18(2)23(28(24,6)14-12-25(29)35-21(5)31)15-22-26(32)19(3)20(4)34-27(22)33/h9,23-25,30,32H,2,8,10-16H2,1,3-7H3/b17-9-. The lowest BCUT2D eigenvalue weighted by atomic mass is 9.45. The number of aliphatic hydroxyl groups is 1. The van der Waals surface area contributed by atoms with Gasteiger partial charge >= 0.3 is 11.6 Å². The zero-order valence-electron chi connectivity index (χ0n) is 22.2. The number of fused-ring (bicyclic) bond motifs is 1. The summed E-state index contributed by atoms with van der Waals surface area (Å²) in [6.07, 6.45) is 7.25. The number of hydrogen-bond donors (Lipinski definition) is 2. The zero-order chi connectivity index (χ0) is 26.1. The molecule has 0 saturated heterocycles. The van der Waals surface area contributed by atoms with Gasteiger partial charge in [0.1, 0.15) is 17.6 Å². The normalized spacial score (nSPS) is 31.2. The molecule has 5 atom stereocenters. The summed E-state index contributed by atoms with van der Waals surface area (Å²) in [4.78, 5) is 24.8. The highest BCUT2D eigenvalue weighted by molar-refractivity contribution is 5.66. The van der Waals surface area contributed by atoms with Crippen LogP contribution in [0, 0.1) is 36.5 Å². The first-order chi connectivity index (χ1) is 16.3. The Balaban J connectivity index is 2.01. The Bertz CT molecular complexity index is 1070. The minimum absolute atomic E-state index is 0.00415. The average molecular weight is 487 g/mol. The number of carbonyl (C=O) groups is 1. The van der Waals surface area contributed by atoms with Crippen molar-refractivity contribution in [2.24, 2.45) is 22.7 Å². The summed E-state index contributed by atoms with van der Waals surface area (Å²) in [7, 11) is 0. The van der Waals surface area contributed by atoms with Crippen LogP contribution in [0.4, 0.5) is 0 Å². The fraction of sp³-hybridized carbons (Fsp3) is 0.655. The van der Waals surface area contributed by atoms with Gasteiger partial charge in [-0.1, -0.05) is 37.6 Å². The summed E-state index contributed by atoms with van der Waals surface area (Å²) in [5, 5.41) is 20.2. The molecule has 194 valence electrons. The van der Waals surface area contributed by atoms with Gasteiger partial charge in [-0.05, 0) is 83.0 Å². The van der Waals surface area contributed by atoms with Gasteiger partial charge in [0.15, 0.2) is 0 Å². The van der Waals surface area contributed by atoms with Crippen LogP contribution in [0.2, 0.25) is 0 Å². The lowest BCUT2D eigenvalue weighted by molar-refractivity contribution is -0.178. The molecule has 35 heavy (non-hydrogen) atoms. The first kappa shape index (κ1) is 27.3. The summed E-state index contributed by atoms with van der Waals surface area (Å²) in [6.45, 7) is 15.8. The van der Waals surface area contributed by atoms with Gasteiger partial charge < -0.3 is 19.4 Å². The van der Waals surface area contributed by atoms with Gasteiger partial charge in [0.05, 0.1) is 12.2 Å². The average Bonchev–Trinajstić information content (AvgIpc) is 2.78. The molecular formula is C29H42O6. The number of allylic oxidation sites excluding steroid dienone is 2. The highest BCUT2D eigenvalue weighted by Crippen LogP contribution is 2.63. The fourth-order valence-corrected chi connectivity index (χ4v) is 6.92. The van der Waals surface area contributed by atoms with E-state index < -0.39 is 5.63 Å². The van der Waals surface area contributed by atoms with Crippen molar-refractivity contribution in [3.8, 4) is 5.75 Å². The molecule has 0 spiro atoms. The highest BCUT2D eigenvalue weighted by atomic mass is 16.5. The second-order valence-corrected chi connectivity index (χ2v) is 11.3. The molecule has 2 aliphatic carbocycles. The van der Waals surface area contributed by atoms with Crippen molar-refractivity contribution in [2.45, 2.75) is 92.6 Å². The van der Waals surface area contributed by atoms with Crippen LogP contribution in [-0.2, 0) is 16.0 Å². The Morgan fingerprint density at radius 3 is 2.57 bits per heavy atom. The molecule has 0 aromatic carbocycles. The van der Waals surface area contributed by atoms with Crippen LogP contribution in [0.25, 0.3) is 0 Å². The lowest BCUT2D eigenvalue weighted by Crippen LogP contribution is -2.57. The first-order valence-electron chi connectivity index (χ1n) is 12.8. The molecule has 6 nitrogen and oxygen atoms in total. The molecule has 1 heterocycles. The lowest BCUT2D eigenvalue weighted by Gasteiger charge is -2.61. The van der Waals surface area contributed by atoms with Crippen molar-refractivity contribution in [1.82, 2.24) is 0 Å². The van der Waals surface area contributed by atoms with E-state index in [4.69, 9.17) is 9.15 Å². The van der Waals surface area contributed by atoms with Crippen molar-refractivity contribution >= 4 is 5.97 Å². The second kappa shape index (κ2) is 10.3. The summed E-state index contributed by atoms with van der Waals surface area (Å²) < 4.78 is 11.3. The van der Waals surface area contributed by atoms with Gasteiger partial charge in [-0.25, -0.2) is 4.79 Å². The minimum Gasteiger partial charge on any atom is -0.507 e. The molecular weight excluding hydrogens is 444 g/mol. The number of carbonyl (C=O) groups excluding carboxylic acids is 1. The molecule has 2 saturated carbocycles. The summed E-state index contributed by atoms with van der Waals surface area (Å²) in [6, 6.07) is 0. The molecule has 0 radical (unpaired) electrons. The quantitative estimate of drug-likeness (QED) is 0.388. The van der Waals surface area contributed by atoms with Crippen LogP contribution < -0.4 is 5.63 Å². The number of aromatic hydroxyl groups is 1. The first-order valence-corrected chi connectivity index (χ1v) is 12.8. The molecule has 1 aromatic rings. The Hall–Kier alpha value is -2.34. The topological polar surface area (TPSA) is 97.0 Å². The zero-order valence-corrected chi connectivity index (χ0v) is 22.2. The Morgan fingerprint density at radius 1 is 1.26 bits per heavy atom. The van der Waals surface area contributed by atoms with E-state index in [-0.39, 0.29) is 47.1 Å². The van der Waals surface area contributed by atoms with Crippen LogP contribution >= 0.6 is 0 Å². The van der Waals surface area contributed by atoms with E-state index in [2.05, 4.69) is 26.5 Å². The molecule has 3 rings (SSSR count). The van der Waals surface area contributed by atoms with Crippen LogP contribution in [0.3, 0.4) is 0 Å². The fourth-order valence-electron chi connectivity index (χ4n) is 6.92. The van der Waals surface area contributed by atoms with Crippen LogP contribution in [0.1, 0.15) is 83.1 Å². The third-order valence-electron chi connectivity index (χ3n) is 9.12. The molecule has 6 heteroatoms. The number of esters is 1. The van der Waals surface area contributed by atoms with E-state index in [1.54, 1.807) is 13.8 Å². The van der Waals surface area contributed by atoms with E-state index in [0.29, 0.717) is 23.3 Å². The van der Waals surface area contributed by atoms with Gasteiger partial charge in [0.25, 0.3) is 0 Å². The SMILES string of the molecule is C=C1CCC2C(C)(CC/C=C(/C)CO)C(OC(C)=O)CCC2(C)C1Cc1c(O)c(C)c(C)oc1=O. The molecule has 1 aromatic heterocycles. The van der Waals surface area contributed by atoms with Gasteiger partial charge in [-0.2, -0.15) is 0 Å². The predicted molar refractivity (Wildman–Crippen MR) is 136 cm³/mol. The maximum atomic E-state index is 12.8. The Kier molecular flexibility index (Phi) is 8.05. The monoisotopic (exact) mass is 486 g/mol. The van der Waals surface area contributed by atoms with E-state index in [1.807, 2.05) is 6.92 Å². The highest BCUT2D eigenvalue weighted by Gasteiger charge is 2.58. The van der Waals surface area contributed by atoms with Crippen molar-refractivity contribution < 1.29 is 24.2 Å². The summed E-state index contributed by atoms with van der Waals surface area (Å²) >= 11 is 0. The van der Waals surface area contributed by atoms with E-state index in [9.17, 15) is 19.8 Å². The number of aliphatic hydroxyl groups excluding tert-OH is 1. The van der Waals surface area contributed by atoms with Gasteiger partial charge in [0, 0.05) is 17.9 Å². The third-order valence-corrected chi connectivity index (χ3v) is 9.12. The van der Waals surface area contributed by atoms with E-state index in [0.717, 1.165) is 49.7 Å². The van der Waals surface area contributed by atoms with E-state index >= 15 is 0 Å². The minimum atomic E-state index is -0.481. The van der Waals surface area contributed by atoms with Crippen LogP contribution in [0.15, 0.2) is 33.0 Å². The number of rotatable bonds is 7. The van der Waals surface area contributed by atoms with Crippen LogP contribution in [0.5, 0.6) is 5.75 Å². The second-order valence-electron chi connectivity index (χ2n) is 11.3. The van der Waals surface area contributed by atoms with Gasteiger partial charge in [0.2, 0.25) is 0 Å². The Morgan fingerprint density at radius 2 is 1.94 bits per heavy atom. The molecule has 2 N–H and O–H groups in total.